The summed E-state index contributed by atoms with van der Waals surface area (Å²) >= 11 is 1.80. The monoisotopic (exact) mass is 265 g/mol. The van der Waals surface area contributed by atoms with Gasteiger partial charge < -0.3 is 0 Å². The lowest BCUT2D eigenvalue weighted by atomic mass is 9.98. The highest BCUT2D eigenvalue weighted by molar-refractivity contribution is 7.10. The topological polar surface area (TPSA) is 20.3 Å². The second kappa shape index (κ2) is 6.48. The summed E-state index contributed by atoms with van der Waals surface area (Å²) in [4.78, 5) is 15.8. The van der Waals surface area contributed by atoms with Gasteiger partial charge in [-0.2, -0.15) is 0 Å². The van der Waals surface area contributed by atoms with Crippen LogP contribution in [0, 0.1) is 5.92 Å². The Morgan fingerprint density at radius 2 is 2.28 bits per heavy atom. The Bertz CT molecular complexity index is 374. The van der Waals surface area contributed by atoms with Crippen molar-refractivity contribution in [3.8, 4) is 0 Å². The average molecular weight is 265 g/mol. The maximum absolute atomic E-state index is 12.0. The number of carbonyl (C=O) groups excluding carboxylic acids is 1. The van der Waals surface area contributed by atoms with Crippen molar-refractivity contribution in [3.63, 3.8) is 0 Å². The van der Waals surface area contributed by atoms with Gasteiger partial charge in [0, 0.05) is 29.8 Å². The second-order valence-electron chi connectivity index (χ2n) is 5.39. The SMILES string of the molecule is CC(c1cccs1)N(C)CC1CCCCCC1=O. The first kappa shape index (κ1) is 13.8. The number of hydrogen-bond acceptors (Lipinski definition) is 3. The first-order chi connectivity index (χ1) is 8.68. The number of thiophene rings is 1. The van der Waals surface area contributed by atoms with Crippen LogP contribution in [0.15, 0.2) is 17.5 Å². The lowest BCUT2D eigenvalue weighted by Crippen LogP contribution is -2.31. The van der Waals surface area contributed by atoms with Gasteiger partial charge in [0.15, 0.2) is 0 Å². The van der Waals surface area contributed by atoms with Crippen molar-refractivity contribution < 1.29 is 4.79 Å². The van der Waals surface area contributed by atoms with Gasteiger partial charge in [-0.1, -0.05) is 18.9 Å². The Hall–Kier alpha value is -0.670. The Kier molecular flexibility index (Phi) is 4.95. The third-order valence-corrected chi connectivity index (χ3v) is 5.10. The molecule has 2 rings (SSSR count). The fourth-order valence-corrected chi connectivity index (χ4v) is 3.53. The standard InChI is InChI=1S/C15H23NOS/c1-12(15-9-6-10-18-15)16(2)11-13-7-4-3-5-8-14(13)17/h6,9-10,12-13H,3-5,7-8,11H2,1-2H3. The molecule has 2 unspecified atom stereocenters. The van der Waals surface area contributed by atoms with E-state index in [-0.39, 0.29) is 5.92 Å². The maximum Gasteiger partial charge on any atom is 0.137 e. The molecule has 0 aromatic carbocycles. The second-order valence-corrected chi connectivity index (χ2v) is 6.37. The minimum absolute atomic E-state index is 0.264. The molecule has 1 aromatic rings. The van der Waals surface area contributed by atoms with Crippen molar-refractivity contribution in [2.24, 2.45) is 5.92 Å². The predicted octanol–water partition coefficient (Wildman–Crippen LogP) is 3.89. The van der Waals surface area contributed by atoms with E-state index in [4.69, 9.17) is 0 Å². The summed E-state index contributed by atoms with van der Waals surface area (Å²) in [6.07, 6.45) is 5.43. The van der Waals surface area contributed by atoms with Gasteiger partial charge in [0.1, 0.15) is 5.78 Å². The van der Waals surface area contributed by atoms with Gasteiger partial charge in [0.05, 0.1) is 0 Å². The summed E-state index contributed by atoms with van der Waals surface area (Å²) in [5.74, 6) is 0.748. The van der Waals surface area contributed by atoms with Crippen LogP contribution in [-0.4, -0.2) is 24.3 Å². The van der Waals surface area contributed by atoms with E-state index in [1.807, 2.05) is 0 Å². The molecule has 0 N–H and O–H groups in total. The van der Waals surface area contributed by atoms with Crippen molar-refractivity contribution in [1.29, 1.82) is 0 Å². The third kappa shape index (κ3) is 3.42. The minimum Gasteiger partial charge on any atom is -0.299 e. The van der Waals surface area contributed by atoms with Crippen molar-refractivity contribution >= 4 is 17.1 Å². The van der Waals surface area contributed by atoms with Gasteiger partial charge in [0.25, 0.3) is 0 Å². The molecule has 0 aliphatic heterocycles. The molecule has 1 saturated carbocycles. The molecule has 100 valence electrons. The highest BCUT2D eigenvalue weighted by Gasteiger charge is 2.24. The zero-order valence-electron chi connectivity index (χ0n) is 11.4. The van der Waals surface area contributed by atoms with Crippen LogP contribution in [0.25, 0.3) is 0 Å². The highest BCUT2D eigenvalue weighted by Crippen LogP contribution is 2.27. The van der Waals surface area contributed by atoms with Crippen LogP contribution in [0.2, 0.25) is 0 Å². The first-order valence-electron chi connectivity index (χ1n) is 6.95. The number of nitrogens with zero attached hydrogens (tertiary/aromatic N) is 1. The van der Waals surface area contributed by atoms with E-state index < -0.39 is 0 Å². The van der Waals surface area contributed by atoms with E-state index in [0.717, 1.165) is 25.8 Å². The third-order valence-electron chi connectivity index (χ3n) is 4.06. The van der Waals surface area contributed by atoms with Gasteiger partial charge in [0.2, 0.25) is 0 Å². The molecular weight excluding hydrogens is 242 g/mol. The van der Waals surface area contributed by atoms with Crippen LogP contribution in [0.1, 0.15) is 49.9 Å². The van der Waals surface area contributed by atoms with Crippen LogP contribution < -0.4 is 0 Å². The number of Topliss-reactive ketones (excluding diaryl/α,β-unsaturated/α-hetero) is 1. The van der Waals surface area contributed by atoms with E-state index in [2.05, 4.69) is 36.4 Å². The summed E-state index contributed by atoms with van der Waals surface area (Å²) < 4.78 is 0. The van der Waals surface area contributed by atoms with E-state index in [0.29, 0.717) is 11.8 Å². The molecule has 0 bridgehead atoms. The summed E-state index contributed by atoms with van der Waals surface area (Å²) in [6.45, 7) is 3.14. The number of hydrogen-bond donors (Lipinski definition) is 0. The van der Waals surface area contributed by atoms with E-state index in [1.165, 1.54) is 17.7 Å². The number of carbonyl (C=O) groups is 1. The number of rotatable bonds is 4. The van der Waals surface area contributed by atoms with E-state index >= 15 is 0 Å². The zero-order chi connectivity index (χ0) is 13.0. The van der Waals surface area contributed by atoms with Crippen molar-refractivity contribution in [2.75, 3.05) is 13.6 Å². The molecule has 2 nitrogen and oxygen atoms in total. The highest BCUT2D eigenvalue weighted by atomic mass is 32.1. The normalized spacial score (nSPS) is 23.1. The molecular formula is C15H23NOS. The summed E-state index contributed by atoms with van der Waals surface area (Å²) in [5.41, 5.74) is 0. The maximum atomic E-state index is 12.0. The fourth-order valence-electron chi connectivity index (χ4n) is 2.68. The zero-order valence-corrected chi connectivity index (χ0v) is 12.2. The van der Waals surface area contributed by atoms with Crippen LogP contribution in [-0.2, 0) is 4.79 Å². The van der Waals surface area contributed by atoms with Crippen molar-refractivity contribution in [1.82, 2.24) is 4.90 Å². The molecule has 1 aliphatic rings. The lowest BCUT2D eigenvalue weighted by Gasteiger charge is -2.27. The Morgan fingerprint density at radius 3 is 3.00 bits per heavy atom. The van der Waals surface area contributed by atoms with E-state index in [1.54, 1.807) is 11.3 Å². The Balaban J connectivity index is 1.93. The molecule has 3 heteroatoms. The van der Waals surface area contributed by atoms with Gasteiger partial charge in [-0.3, -0.25) is 9.69 Å². The molecule has 1 fully saturated rings. The molecule has 0 saturated heterocycles. The van der Waals surface area contributed by atoms with Crippen LogP contribution >= 0.6 is 11.3 Å². The quantitative estimate of drug-likeness (QED) is 0.770. The lowest BCUT2D eigenvalue weighted by molar-refractivity contribution is -0.123. The van der Waals surface area contributed by atoms with Gasteiger partial charge in [-0.15, -0.1) is 11.3 Å². The minimum atomic E-state index is 0.264. The van der Waals surface area contributed by atoms with Gasteiger partial charge in [-0.05, 0) is 38.3 Å². The Morgan fingerprint density at radius 1 is 1.44 bits per heavy atom. The summed E-state index contributed by atoms with van der Waals surface area (Å²) in [6, 6.07) is 4.70. The molecule has 0 spiro atoms. The molecule has 1 heterocycles. The van der Waals surface area contributed by atoms with Crippen LogP contribution in [0.4, 0.5) is 0 Å². The number of ketones is 1. The Labute approximate surface area is 114 Å². The molecule has 1 aliphatic carbocycles. The van der Waals surface area contributed by atoms with Crippen molar-refractivity contribution in [2.45, 2.75) is 45.1 Å². The van der Waals surface area contributed by atoms with Crippen LogP contribution in [0.5, 0.6) is 0 Å². The summed E-state index contributed by atoms with van der Waals surface area (Å²) in [5, 5.41) is 2.12. The van der Waals surface area contributed by atoms with Gasteiger partial charge in [-0.25, -0.2) is 0 Å². The van der Waals surface area contributed by atoms with Crippen LogP contribution in [0.3, 0.4) is 0 Å². The molecule has 2 atom stereocenters. The van der Waals surface area contributed by atoms with Gasteiger partial charge >= 0.3 is 0 Å². The molecule has 0 amide bonds. The molecule has 0 radical (unpaired) electrons. The first-order valence-corrected chi connectivity index (χ1v) is 7.83. The molecule has 18 heavy (non-hydrogen) atoms. The average Bonchev–Trinajstić information content (AvgIpc) is 2.82. The smallest absolute Gasteiger partial charge is 0.137 e. The molecule has 1 aromatic heterocycles. The largest absolute Gasteiger partial charge is 0.299 e. The predicted molar refractivity (Wildman–Crippen MR) is 76.9 cm³/mol. The fraction of sp³-hybridized carbons (Fsp3) is 0.667. The van der Waals surface area contributed by atoms with Crippen molar-refractivity contribution in [3.05, 3.63) is 22.4 Å². The van der Waals surface area contributed by atoms with E-state index in [9.17, 15) is 4.79 Å². The summed E-state index contributed by atoms with van der Waals surface area (Å²) in [7, 11) is 2.14.